The molecule has 1 aromatic heterocycles. The van der Waals surface area contributed by atoms with Crippen LogP contribution in [0.5, 0.6) is 0 Å². The van der Waals surface area contributed by atoms with Crippen molar-refractivity contribution in [3.8, 4) is 0 Å². The normalized spacial score (nSPS) is 17.1. The molecule has 1 aromatic rings. The molecule has 0 radical (unpaired) electrons. The summed E-state index contributed by atoms with van der Waals surface area (Å²) in [6, 6.07) is 1.77. The molecule has 0 aliphatic carbocycles. The van der Waals surface area contributed by atoms with Crippen molar-refractivity contribution in [3.63, 3.8) is 0 Å². The third kappa shape index (κ3) is 1.99. The van der Waals surface area contributed by atoms with Gasteiger partial charge in [0.1, 0.15) is 12.0 Å². The third-order valence-electron chi connectivity index (χ3n) is 2.11. The van der Waals surface area contributed by atoms with Gasteiger partial charge in [0.2, 0.25) is 0 Å². The molecule has 0 spiro atoms. The van der Waals surface area contributed by atoms with Crippen molar-refractivity contribution in [2.75, 3.05) is 31.2 Å². The van der Waals surface area contributed by atoms with Crippen LogP contribution in [0.4, 0.5) is 5.69 Å². The number of nitrogens with zero attached hydrogens (tertiary/aromatic N) is 1. The largest absolute Gasteiger partial charge is 0.429 e. The third-order valence-corrected chi connectivity index (χ3v) is 2.53. The Balaban J connectivity index is 2.29. The molecule has 1 aliphatic rings. The first-order chi connectivity index (χ1) is 6.77. The van der Waals surface area contributed by atoms with Crippen LogP contribution in [0.2, 0.25) is 0 Å². The Labute approximate surface area is 89.6 Å². The first-order valence-corrected chi connectivity index (χ1v) is 5.18. The predicted octanol–water partition coefficient (Wildman–Crippen LogP) is 1.24. The molecule has 76 valence electrons. The summed E-state index contributed by atoms with van der Waals surface area (Å²) in [7, 11) is 0. The highest BCUT2D eigenvalue weighted by molar-refractivity contribution is 9.10. The fraction of sp³-hybridized carbons (Fsp3) is 0.444. The number of anilines is 1. The first kappa shape index (κ1) is 9.73. The van der Waals surface area contributed by atoms with Gasteiger partial charge >= 0.3 is 5.63 Å². The average Bonchev–Trinajstić information content (AvgIpc) is 2.23. The molecule has 5 heteroatoms. The Kier molecular flexibility index (Phi) is 2.88. The van der Waals surface area contributed by atoms with Crippen LogP contribution in [-0.2, 0) is 4.74 Å². The molecule has 0 amide bonds. The maximum absolute atomic E-state index is 11.4. The van der Waals surface area contributed by atoms with Gasteiger partial charge < -0.3 is 14.1 Å². The fourth-order valence-electron chi connectivity index (χ4n) is 1.42. The van der Waals surface area contributed by atoms with Crippen molar-refractivity contribution in [2.24, 2.45) is 0 Å². The number of hydrogen-bond acceptors (Lipinski definition) is 4. The van der Waals surface area contributed by atoms with E-state index in [0.29, 0.717) is 18.9 Å². The van der Waals surface area contributed by atoms with Crippen LogP contribution in [0.1, 0.15) is 0 Å². The highest BCUT2D eigenvalue weighted by Crippen LogP contribution is 2.16. The van der Waals surface area contributed by atoms with Crippen LogP contribution < -0.4 is 10.5 Å². The van der Waals surface area contributed by atoms with Crippen molar-refractivity contribution in [1.82, 2.24) is 0 Å². The van der Waals surface area contributed by atoms with E-state index in [4.69, 9.17) is 9.15 Å². The lowest BCUT2D eigenvalue weighted by molar-refractivity contribution is 0.122. The molecule has 0 unspecified atom stereocenters. The van der Waals surface area contributed by atoms with Gasteiger partial charge in [0.05, 0.1) is 17.7 Å². The number of morpholine rings is 1. The van der Waals surface area contributed by atoms with Gasteiger partial charge in [-0.2, -0.15) is 0 Å². The van der Waals surface area contributed by atoms with Gasteiger partial charge in [-0.05, 0) is 22.0 Å². The molecular weight excluding hydrogens is 250 g/mol. The summed E-state index contributed by atoms with van der Waals surface area (Å²) >= 11 is 3.27. The van der Waals surface area contributed by atoms with Gasteiger partial charge in [-0.1, -0.05) is 0 Å². The van der Waals surface area contributed by atoms with Gasteiger partial charge in [-0.3, -0.25) is 0 Å². The number of hydrogen-bond donors (Lipinski definition) is 0. The van der Waals surface area contributed by atoms with Crippen molar-refractivity contribution < 1.29 is 9.15 Å². The molecule has 0 saturated carbocycles. The maximum Gasteiger partial charge on any atom is 0.359 e. The smallest absolute Gasteiger partial charge is 0.359 e. The van der Waals surface area contributed by atoms with E-state index in [2.05, 4.69) is 15.9 Å². The summed E-state index contributed by atoms with van der Waals surface area (Å²) in [5.41, 5.74) is 0.303. The molecule has 2 heterocycles. The average molecular weight is 260 g/mol. The van der Waals surface area contributed by atoms with Crippen molar-refractivity contribution in [3.05, 3.63) is 27.2 Å². The predicted molar refractivity (Wildman–Crippen MR) is 55.7 cm³/mol. The number of ether oxygens (including phenoxy) is 1. The van der Waals surface area contributed by atoms with Gasteiger partial charge in [0, 0.05) is 13.1 Å². The summed E-state index contributed by atoms with van der Waals surface area (Å²) in [5, 5.41) is 0. The molecule has 1 aliphatic heterocycles. The van der Waals surface area contributed by atoms with Crippen molar-refractivity contribution in [2.45, 2.75) is 0 Å². The second kappa shape index (κ2) is 4.14. The van der Waals surface area contributed by atoms with Crippen LogP contribution in [-0.4, -0.2) is 26.3 Å². The number of rotatable bonds is 1. The van der Waals surface area contributed by atoms with E-state index >= 15 is 0 Å². The maximum atomic E-state index is 11.4. The van der Waals surface area contributed by atoms with E-state index in [0.717, 1.165) is 17.6 Å². The Morgan fingerprint density at radius 1 is 1.36 bits per heavy atom. The topological polar surface area (TPSA) is 42.7 Å². The molecule has 0 N–H and O–H groups in total. The summed E-state index contributed by atoms with van der Waals surface area (Å²) in [6.07, 6.45) is 1.40. The minimum atomic E-state index is -0.296. The molecule has 0 bridgehead atoms. The summed E-state index contributed by atoms with van der Waals surface area (Å²) in [5.74, 6) is 0. The fourth-order valence-corrected chi connectivity index (χ4v) is 1.73. The van der Waals surface area contributed by atoms with E-state index in [9.17, 15) is 4.79 Å². The Morgan fingerprint density at radius 3 is 2.79 bits per heavy atom. The zero-order chi connectivity index (χ0) is 9.97. The standard InChI is InChI=1S/C9H10BrNO3/c10-7-5-8(9(12)14-6-7)11-1-3-13-4-2-11/h5-6H,1-4H2. The van der Waals surface area contributed by atoms with Crippen LogP contribution in [0.25, 0.3) is 0 Å². The zero-order valence-corrected chi connectivity index (χ0v) is 9.12. The highest BCUT2D eigenvalue weighted by atomic mass is 79.9. The van der Waals surface area contributed by atoms with Crippen LogP contribution in [0, 0.1) is 0 Å². The minimum absolute atomic E-state index is 0.296. The summed E-state index contributed by atoms with van der Waals surface area (Å²) < 4.78 is 10.8. The lowest BCUT2D eigenvalue weighted by Gasteiger charge is -2.27. The Hall–Kier alpha value is -0.810. The van der Waals surface area contributed by atoms with E-state index in [1.54, 1.807) is 6.07 Å². The SMILES string of the molecule is O=c1occ(Br)cc1N1CCOCC1. The van der Waals surface area contributed by atoms with Gasteiger partial charge in [0.25, 0.3) is 0 Å². The molecule has 1 fully saturated rings. The monoisotopic (exact) mass is 259 g/mol. The van der Waals surface area contributed by atoms with E-state index in [1.807, 2.05) is 4.90 Å². The second-order valence-corrected chi connectivity index (χ2v) is 3.95. The minimum Gasteiger partial charge on any atom is -0.429 e. The van der Waals surface area contributed by atoms with E-state index < -0.39 is 0 Å². The lowest BCUT2D eigenvalue weighted by Crippen LogP contribution is -2.38. The van der Waals surface area contributed by atoms with E-state index in [-0.39, 0.29) is 5.63 Å². The zero-order valence-electron chi connectivity index (χ0n) is 7.53. The summed E-state index contributed by atoms with van der Waals surface area (Å²) in [4.78, 5) is 13.4. The van der Waals surface area contributed by atoms with Crippen LogP contribution >= 0.6 is 15.9 Å². The number of halogens is 1. The van der Waals surface area contributed by atoms with Crippen LogP contribution in [0.15, 0.2) is 26.0 Å². The Bertz CT molecular complexity index is 371. The quantitative estimate of drug-likeness (QED) is 0.761. The van der Waals surface area contributed by atoms with Crippen molar-refractivity contribution in [1.29, 1.82) is 0 Å². The molecule has 0 aromatic carbocycles. The van der Waals surface area contributed by atoms with Crippen LogP contribution in [0.3, 0.4) is 0 Å². The molecule has 14 heavy (non-hydrogen) atoms. The molecule has 2 rings (SSSR count). The highest BCUT2D eigenvalue weighted by Gasteiger charge is 2.15. The second-order valence-electron chi connectivity index (χ2n) is 3.04. The van der Waals surface area contributed by atoms with Gasteiger partial charge in [-0.25, -0.2) is 4.79 Å². The molecule has 4 nitrogen and oxygen atoms in total. The molecule has 1 saturated heterocycles. The summed E-state index contributed by atoms with van der Waals surface area (Å²) in [6.45, 7) is 2.79. The Morgan fingerprint density at radius 2 is 2.07 bits per heavy atom. The molecular formula is C9H10BrNO3. The first-order valence-electron chi connectivity index (χ1n) is 4.38. The van der Waals surface area contributed by atoms with Gasteiger partial charge in [-0.15, -0.1) is 0 Å². The van der Waals surface area contributed by atoms with E-state index in [1.165, 1.54) is 6.26 Å². The van der Waals surface area contributed by atoms with Gasteiger partial charge in [0.15, 0.2) is 0 Å². The van der Waals surface area contributed by atoms with Crippen molar-refractivity contribution >= 4 is 21.6 Å². The lowest BCUT2D eigenvalue weighted by atomic mass is 10.3. The molecule has 0 atom stereocenters.